The van der Waals surface area contributed by atoms with E-state index in [0.29, 0.717) is 6.61 Å². The second-order valence-corrected chi connectivity index (χ2v) is 3.33. The largest absolute Gasteiger partial charge is 0.465 e. The molecular weight excluding hydrogens is 139 g/mol. The van der Waals surface area contributed by atoms with Crippen LogP contribution < -0.4 is 0 Å². The monoisotopic (exact) mass is 152 g/mol. The molecule has 0 aromatic rings. The zero-order chi connectivity index (χ0) is 8.48. The van der Waals surface area contributed by atoms with E-state index in [1.165, 1.54) is 12.5 Å². The van der Waals surface area contributed by atoms with Crippen molar-refractivity contribution in [3.63, 3.8) is 0 Å². The normalized spacial score (nSPS) is 32.0. The van der Waals surface area contributed by atoms with E-state index in [0.717, 1.165) is 6.42 Å². The summed E-state index contributed by atoms with van der Waals surface area (Å²) < 4.78 is 4.92. The second kappa shape index (κ2) is 2.72. The van der Waals surface area contributed by atoms with Crippen LogP contribution in [0, 0.1) is 5.41 Å². The third kappa shape index (κ3) is 1.85. The molecule has 60 valence electrons. The SMILES string of the molecule is B/C=C1\CC1(C)COC(C)=O. The maximum atomic E-state index is 10.5. The van der Waals surface area contributed by atoms with Gasteiger partial charge in [0.25, 0.3) is 0 Å². The van der Waals surface area contributed by atoms with Crippen molar-refractivity contribution in [3.8, 4) is 0 Å². The van der Waals surface area contributed by atoms with E-state index in [4.69, 9.17) is 4.74 Å². The van der Waals surface area contributed by atoms with Crippen molar-refractivity contribution < 1.29 is 9.53 Å². The molecule has 1 aliphatic carbocycles. The van der Waals surface area contributed by atoms with Crippen LogP contribution in [0.2, 0.25) is 0 Å². The minimum Gasteiger partial charge on any atom is -0.465 e. The summed E-state index contributed by atoms with van der Waals surface area (Å²) in [5, 5.41) is 0. The Morgan fingerprint density at radius 1 is 1.91 bits per heavy atom. The molecule has 0 aromatic carbocycles. The molecule has 0 saturated heterocycles. The van der Waals surface area contributed by atoms with Gasteiger partial charge in [-0.2, -0.15) is 0 Å². The topological polar surface area (TPSA) is 26.3 Å². The lowest BCUT2D eigenvalue weighted by atomic mass is 10.1. The van der Waals surface area contributed by atoms with Crippen LogP contribution in [-0.2, 0) is 9.53 Å². The second-order valence-electron chi connectivity index (χ2n) is 3.33. The van der Waals surface area contributed by atoms with Crippen LogP contribution in [0.5, 0.6) is 0 Å². The average molecular weight is 152 g/mol. The number of carbonyl (C=O) groups excluding carboxylic acids is 1. The number of ether oxygens (including phenoxy) is 1. The molecule has 0 radical (unpaired) electrons. The summed E-state index contributed by atoms with van der Waals surface area (Å²) in [6.45, 7) is 4.11. The Labute approximate surface area is 68.0 Å². The molecule has 1 fully saturated rings. The summed E-state index contributed by atoms with van der Waals surface area (Å²) >= 11 is 0. The van der Waals surface area contributed by atoms with Gasteiger partial charge in [-0.25, -0.2) is 0 Å². The standard InChI is InChI=1S/C8H13BO2/c1-6(10)11-5-8(2)3-7(8)4-9/h4H,3,5,9H2,1-2H3/b7-4+. The number of carbonyl (C=O) groups is 1. The highest BCUT2D eigenvalue weighted by Gasteiger charge is 2.44. The molecule has 3 heteroatoms. The van der Waals surface area contributed by atoms with Gasteiger partial charge in [-0.15, -0.1) is 5.98 Å². The maximum absolute atomic E-state index is 10.5. The Kier molecular flexibility index (Phi) is 2.07. The molecule has 0 heterocycles. The van der Waals surface area contributed by atoms with Gasteiger partial charge in [-0.3, -0.25) is 4.79 Å². The van der Waals surface area contributed by atoms with Gasteiger partial charge < -0.3 is 4.74 Å². The van der Waals surface area contributed by atoms with Crippen LogP contribution in [0.4, 0.5) is 0 Å². The van der Waals surface area contributed by atoms with E-state index < -0.39 is 0 Å². The third-order valence-corrected chi connectivity index (χ3v) is 2.17. The van der Waals surface area contributed by atoms with Gasteiger partial charge in [0, 0.05) is 12.3 Å². The Balaban J connectivity index is 2.34. The third-order valence-electron chi connectivity index (χ3n) is 2.17. The summed E-state index contributed by atoms with van der Waals surface area (Å²) in [4.78, 5) is 10.5. The van der Waals surface area contributed by atoms with Crippen molar-refractivity contribution in [3.05, 3.63) is 11.5 Å². The molecule has 1 atom stereocenters. The highest BCUT2D eigenvalue weighted by Crippen LogP contribution is 2.51. The molecule has 0 aromatic heterocycles. The fourth-order valence-corrected chi connectivity index (χ4v) is 1.23. The number of rotatable bonds is 2. The summed E-state index contributed by atoms with van der Waals surface area (Å²) in [5.41, 5.74) is 1.57. The first-order valence-electron chi connectivity index (χ1n) is 3.87. The highest BCUT2D eigenvalue weighted by atomic mass is 16.5. The molecule has 0 bridgehead atoms. The van der Waals surface area contributed by atoms with Crippen molar-refractivity contribution >= 4 is 13.8 Å². The van der Waals surface area contributed by atoms with Crippen molar-refractivity contribution in [2.45, 2.75) is 20.3 Å². The lowest BCUT2D eigenvalue weighted by molar-refractivity contribution is -0.142. The van der Waals surface area contributed by atoms with Crippen molar-refractivity contribution in [1.82, 2.24) is 0 Å². The van der Waals surface area contributed by atoms with Crippen LogP contribution in [0.3, 0.4) is 0 Å². The van der Waals surface area contributed by atoms with Gasteiger partial charge in [0.2, 0.25) is 0 Å². The van der Waals surface area contributed by atoms with Gasteiger partial charge in [0.1, 0.15) is 14.5 Å². The zero-order valence-electron chi connectivity index (χ0n) is 7.31. The Bertz CT molecular complexity index is 210. The Morgan fingerprint density at radius 2 is 2.55 bits per heavy atom. The van der Waals surface area contributed by atoms with Crippen LogP contribution in [0.15, 0.2) is 11.5 Å². The molecule has 0 aliphatic heterocycles. The minimum atomic E-state index is -0.187. The van der Waals surface area contributed by atoms with Gasteiger partial charge >= 0.3 is 5.97 Å². The van der Waals surface area contributed by atoms with Gasteiger partial charge in [-0.1, -0.05) is 12.5 Å². The predicted molar refractivity (Wildman–Crippen MR) is 46.0 cm³/mol. The van der Waals surface area contributed by atoms with E-state index in [9.17, 15) is 4.79 Å². The molecular formula is C8H13BO2. The fraction of sp³-hybridized carbons (Fsp3) is 0.625. The molecule has 11 heavy (non-hydrogen) atoms. The first-order chi connectivity index (χ1) is 5.08. The summed E-state index contributed by atoms with van der Waals surface area (Å²) in [6, 6.07) is 0. The summed E-state index contributed by atoms with van der Waals surface area (Å²) in [6.07, 6.45) is 1.08. The number of hydrogen-bond donors (Lipinski definition) is 0. The number of hydrogen-bond acceptors (Lipinski definition) is 2. The minimum absolute atomic E-state index is 0.167. The van der Waals surface area contributed by atoms with Crippen molar-refractivity contribution in [2.75, 3.05) is 6.61 Å². The van der Waals surface area contributed by atoms with Gasteiger partial charge in [-0.05, 0) is 6.42 Å². The van der Waals surface area contributed by atoms with Gasteiger partial charge in [0.15, 0.2) is 0 Å². The molecule has 1 saturated carbocycles. The van der Waals surface area contributed by atoms with Crippen LogP contribution in [0.1, 0.15) is 20.3 Å². The van der Waals surface area contributed by atoms with E-state index in [1.54, 1.807) is 0 Å². The molecule has 0 amide bonds. The smallest absolute Gasteiger partial charge is 0.302 e. The molecule has 0 N–H and O–H groups in total. The summed E-state index contributed by atoms with van der Waals surface area (Å²) in [5.74, 6) is 1.91. The summed E-state index contributed by atoms with van der Waals surface area (Å²) in [7, 11) is 2.02. The lowest BCUT2D eigenvalue weighted by Gasteiger charge is -2.06. The number of esters is 1. The van der Waals surface area contributed by atoms with E-state index in [-0.39, 0.29) is 11.4 Å². The maximum Gasteiger partial charge on any atom is 0.302 e. The molecule has 1 aliphatic rings. The Morgan fingerprint density at radius 3 is 2.91 bits per heavy atom. The highest BCUT2D eigenvalue weighted by molar-refractivity contribution is 6.17. The zero-order valence-corrected chi connectivity index (χ0v) is 7.31. The fourth-order valence-electron chi connectivity index (χ4n) is 1.23. The van der Waals surface area contributed by atoms with Crippen molar-refractivity contribution in [1.29, 1.82) is 0 Å². The lowest BCUT2D eigenvalue weighted by Crippen LogP contribution is -2.09. The molecule has 0 spiro atoms. The van der Waals surface area contributed by atoms with E-state index in [1.807, 2.05) is 7.85 Å². The first-order valence-corrected chi connectivity index (χ1v) is 3.87. The van der Waals surface area contributed by atoms with Crippen LogP contribution in [-0.4, -0.2) is 20.4 Å². The molecule has 1 unspecified atom stereocenters. The average Bonchev–Trinajstić information content (AvgIpc) is 2.59. The first kappa shape index (κ1) is 8.37. The quantitative estimate of drug-likeness (QED) is 0.424. The Hall–Kier alpha value is -0.725. The van der Waals surface area contributed by atoms with E-state index in [2.05, 4.69) is 12.9 Å². The van der Waals surface area contributed by atoms with Crippen molar-refractivity contribution in [2.24, 2.45) is 5.41 Å². The molecule has 1 rings (SSSR count). The molecule has 2 nitrogen and oxygen atoms in total. The van der Waals surface area contributed by atoms with E-state index >= 15 is 0 Å². The van der Waals surface area contributed by atoms with Gasteiger partial charge in [0.05, 0.1) is 0 Å². The van der Waals surface area contributed by atoms with Crippen LogP contribution >= 0.6 is 0 Å². The van der Waals surface area contributed by atoms with Crippen LogP contribution in [0.25, 0.3) is 0 Å². The predicted octanol–water partition coefficient (Wildman–Crippen LogP) is 0.476.